The normalized spacial score (nSPS) is 12.0. The lowest BCUT2D eigenvalue weighted by Crippen LogP contribution is -2.34. The van der Waals surface area contributed by atoms with Gasteiger partial charge in [-0.25, -0.2) is 0 Å². The number of rotatable bonds is 16. The standard InChI is InChI=1S/C9H20O5.C8H18O4/c1-3-9(4-10,5-11)6-13-8-14-7-12-2;1-3-8(4-9,5-10)6-12-7-11-2/h10-11H,3-8H2,1-2H3;9-10H,3-7H2,1-2H3. The Morgan fingerprint density at radius 3 is 1.23 bits per heavy atom. The molecule has 0 saturated carbocycles. The highest BCUT2D eigenvalue weighted by atomic mass is 16.7. The molecule has 0 atom stereocenters. The lowest BCUT2D eigenvalue weighted by Gasteiger charge is -2.27. The number of aliphatic hydroxyl groups is 4. The topological polar surface area (TPSA) is 127 Å². The lowest BCUT2D eigenvalue weighted by atomic mass is 9.88. The highest BCUT2D eigenvalue weighted by molar-refractivity contribution is 4.75. The molecular formula is C17H38O9. The largest absolute Gasteiger partial charge is 0.396 e. The van der Waals surface area contributed by atoms with Gasteiger partial charge in [-0.1, -0.05) is 13.8 Å². The second-order valence-corrected chi connectivity index (χ2v) is 6.17. The third kappa shape index (κ3) is 12.1. The van der Waals surface area contributed by atoms with Gasteiger partial charge in [0.15, 0.2) is 0 Å². The summed E-state index contributed by atoms with van der Waals surface area (Å²) in [6, 6.07) is 0. The lowest BCUT2D eigenvalue weighted by molar-refractivity contribution is -0.144. The Hall–Kier alpha value is -0.360. The Balaban J connectivity index is 0. The summed E-state index contributed by atoms with van der Waals surface area (Å²) in [4.78, 5) is 0. The van der Waals surface area contributed by atoms with Crippen molar-refractivity contribution in [3.8, 4) is 0 Å². The van der Waals surface area contributed by atoms with Gasteiger partial charge >= 0.3 is 0 Å². The minimum atomic E-state index is -0.559. The van der Waals surface area contributed by atoms with Crippen LogP contribution in [0.1, 0.15) is 26.7 Å². The molecule has 0 heterocycles. The predicted octanol–water partition coefficient (Wildman–Crippen LogP) is -0.0501. The summed E-state index contributed by atoms with van der Waals surface area (Å²) in [6.45, 7) is 4.57. The third-order valence-electron chi connectivity index (χ3n) is 4.23. The molecule has 4 N–H and O–H groups in total. The van der Waals surface area contributed by atoms with E-state index in [9.17, 15) is 0 Å². The number of methoxy groups -OCH3 is 2. The van der Waals surface area contributed by atoms with E-state index in [1.54, 1.807) is 0 Å². The highest BCUT2D eigenvalue weighted by Gasteiger charge is 2.27. The molecule has 0 rings (SSSR count). The molecule has 0 bridgehead atoms. The molecule has 160 valence electrons. The van der Waals surface area contributed by atoms with Crippen molar-refractivity contribution in [2.24, 2.45) is 10.8 Å². The molecular weight excluding hydrogens is 348 g/mol. The fraction of sp³-hybridized carbons (Fsp3) is 1.00. The molecule has 0 aromatic heterocycles. The summed E-state index contributed by atoms with van der Waals surface area (Å²) in [5.41, 5.74) is -1.07. The van der Waals surface area contributed by atoms with Crippen LogP contribution < -0.4 is 0 Å². The molecule has 0 aromatic carbocycles. The summed E-state index contributed by atoms with van der Waals surface area (Å²) in [7, 11) is 3.06. The van der Waals surface area contributed by atoms with E-state index in [1.807, 2.05) is 13.8 Å². The molecule has 0 aliphatic rings. The van der Waals surface area contributed by atoms with Crippen molar-refractivity contribution in [2.75, 3.05) is 74.2 Å². The van der Waals surface area contributed by atoms with Crippen molar-refractivity contribution < 1.29 is 44.1 Å². The molecule has 0 saturated heterocycles. The van der Waals surface area contributed by atoms with Crippen molar-refractivity contribution >= 4 is 0 Å². The maximum Gasteiger partial charge on any atom is 0.149 e. The van der Waals surface area contributed by atoms with E-state index < -0.39 is 10.8 Å². The van der Waals surface area contributed by atoms with Gasteiger partial charge in [0, 0.05) is 25.0 Å². The van der Waals surface area contributed by atoms with Gasteiger partial charge in [-0.3, -0.25) is 0 Å². The number of hydrogen-bond acceptors (Lipinski definition) is 9. The number of ether oxygens (including phenoxy) is 5. The molecule has 0 amide bonds. The molecule has 0 fully saturated rings. The monoisotopic (exact) mass is 386 g/mol. The summed E-state index contributed by atoms with van der Waals surface area (Å²) in [5.74, 6) is 0. The number of aliphatic hydroxyl groups excluding tert-OH is 4. The molecule has 0 aromatic rings. The molecule has 9 heteroatoms. The molecule has 0 aliphatic heterocycles. The zero-order valence-electron chi connectivity index (χ0n) is 16.6. The number of hydrogen-bond donors (Lipinski definition) is 4. The van der Waals surface area contributed by atoms with E-state index in [0.29, 0.717) is 19.4 Å². The summed E-state index contributed by atoms with van der Waals surface area (Å²) in [6.07, 6.45) is 1.34. The minimum Gasteiger partial charge on any atom is -0.396 e. The second-order valence-electron chi connectivity index (χ2n) is 6.17. The third-order valence-corrected chi connectivity index (χ3v) is 4.23. The molecule has 9 nitrogen and oxygen atoms in total. The minimum absolute atomic E-state index is 0.0658. The van der Waals surface area contributed by atoms with Crippen LogP contribution in [-0.2, 0) is 23.7 Å². The molecule has 0 radical (unpaired) electrons. The Morgan fingerprint density at radius 2 is 0.923 bits per heavy atom. The first-order valence-electron chi connectivity index (χ1n) is 8.63. The van der Waals surface area contributed by atoms with Gasteiger partial charge in [-0.15, -0.1) is 0 Å². The van der Waals surface area contributed by atoms with Gasteiger partial charge in [-0.05, 0) is 12.8 Å². The Labute approximate surface area is 156 Å². The van der Waals surface area contributed by atoms with E-state index in [-0.39, 0.29) is 53.4 Å². The SMILES string of the molecule is CCC(CO)(CO)COCOC.CCC(CO)(CO)COCOCOC. The zero-order chi connectivity index (χ0) is 20.3. The quantitative estimate of drug-likeness (QED) is 0.213. The first-order valence-corrected chi connectivity index (χ1v) is 8.63. The van der Waals surface area contributed by atoms with Crippen LogP contribution in [0.4, 0.5) is 0 Å². The molecule has 0 spiro atoms. The maximum atomic E-state index is 9.07. The van der Waals surface area contributed by atoms with E-state index in [2.05, 4.69) is 9.47 Å². The average molecular weight is 386 g/mol. The van der Waals surface area contributed by atoms with Gasteiger partial charge in [0.05, 0.1) is 39.6 Å². The van der Waals surface area contributed by atoms with Crippen molar-refractivity contribution in [1.82, 2.24) is 0 Å². The Morgan fingerprint density at radius 1 is 0.577 bits per heavy atom. The van der Waals surface area contributed by atoms with Crippen LogP contribution >= 0.6 is 0 Å². The van der Waals surface area contributed by atoms with E-state index in [0.717, 1.165) is 0 Å². The van der Waals surface area contributed by atoms with Crippen LogP contribution in [0.3, 0.4) is 0 Å². The predicted molar refractivity (Wildman–Crippen MR) is 95.4 cm³/mol. The van der Waals surface area contributed by atoms with Crippen LogP contribution in [-0.4, -0.2) is 94.7 Å². The Kier molecular flexibility index (Phi) is 19.3. The highest BCUT2D eigenvalue weighted by Crippen LogP contribution is 2.21. The van der Waals surface area contributed by atoms with Gasteiger partial charge in [-0.2, -0.15) is 0 Å². The van der Waals surface area contributed by atoms with E-state index >= 15 is 0 Å². The van der Waals surface area contributed by atoms with Crippen molar-refractivity contribution in [2.45, 2.75) is 26.7 Å². The van der Waals surface area contributed by atoms with Crippen molar-refractivity contribution in [1.29, 1.82) is 0 Å². The first kappa shape index (κ1) is 27.9. The van der Waals surface area contributed by atoms with Crippen molar-refractivity contribution in [3.63, 3.8) is 0 Å². The zero-order valence-corrected chi connectivity index (χ0v) is 16.6. The van der Waals surface area contributed by atoms with Gasteiger partial charge < -0.3 is 44.1 Å². The van der Waals surface area contributed by atoms with Gasteiger partial charge in [0.1, 0.15) is 20.4 Å². The van der Waals surface area contributed by atoms with Crippen LogP contribution in [0, 0.1) is 10.8 Å². The summed E-state index contributed by atoms with van der Waals surface area (Å²) >= 11 is 0. The van der Waals surface area contributed by atoms with Crippen molar-refractivity contribution in [3.05, 3.63) is 0 Å². The smallest absolute Gasteiger partial charge is 0.149 e. The van der Waals surface area contributed by atoms with E-state index in [4.69, 9.17) is 34.6 Å². The molecule has 0 aliphatic carbocycles. The molecule has 26 heavy (non-hydrogen) atoms. The van der Waals surface area contributed by atoms with E-state index in [1.165, 1.54) is 14.2 Å². The van der Waals surface area contributed by atoms with Gasteiger partial charge in [0.25, 0.3) is 0 Å². The fourth-order valence-electron chi connectivity index (χ4n) is 1.71. The average Bonchev–Trinajstić information content (AvgIpc) is 2.70. The summed E-state index contributed by atoms with van der Waals surface area (Å²) in [5, 5.41) is 36.1. The maximum absolute atomic E-state index is 9.07. The first-order chi connectivity index (χ1) is 12.5. The van der Waals surface area contributed by atoms with Crippen LogP contribution in [0.25, 0.3) is 0 Å². The van der Waals surface area contributed by atoms with Crippen LogP contribution in [0.5, 0.6) is 0 Å². The van der Waals surface area contributed by atoms with Crippen LogP contribution in [0.15, 0.2) is 0 Å². The van der Waals surface area contributed by atoms with Crippen LogP contribution in [0.2, 0.25) is 0 Å². The second kappa shape index (κ2) is 18.0. The molecule has 0 unspecified atom stereocenters. The van der Waals surface area contributed by atoms with Gasteiger partial charge in [0.2, 0.25) is 0 Å². The Bertz CT molecular complexity index is 265. The fourth-order valence-corrected chi connectivity index (χ4v) is 1.71. The summed E-state index contributed by atoms with van der Waals surface area (Å²) < 4.78 is 24.5.